The summed E-state index contributed by atoms with van der Waals surface area (Å²) in [6, 6.07) is -1.18. The van der Waals surface area contributed by atoms with Crippen molar-refractivity contribution in [2.24, 2.45) is 45.3 Å². The molecule has 5 heterocycles. The fourth-order valence-corrected chi connectivity index (χ4v) is 12.9. The van der Waals surface area contributed by atoms with Gasteiger partial charge in [0, 0.05) is 311 Å². The number of ether oxygens (including phenoxy) is 6. The average Bonchev–Trinajstić information content (AvgIpc) is 1.12. The third kappa shape index (κ3) is 47.3. The van der Waals surface area contributed by atoms with Crippen LogP contribution in [0.15, 0.2) is 57.4 Å². The zero-order valence-electron chi connectivity index (χ0n) is 77.0. The van der Waals surface area contributed by atoms with E-state index >= 15 is 0 Å². The number of aliphatic hydroxyl groups is 2. The summed E-state index contributed by atoms with van der Waals surface area (Å²) in [6.07, 6.45) is 13.9. The van der Waals surface area contributed by atoms with Crippen molar-refractivity contribution in [2.45, 2.75) is 193 Å². The number of esters is 1. The molecule has 2 bridgehead atoms. The first-order valence-electron chi connectivity index (χ1n) is 41.5. The number of nitrogens with one attached hydrogen (secondary N) is 1. The summed E-state index contributed by atoms with van der Waals surface area (Å²) in [4.78, 5) is 81.6. The van der Waals surface area contributed by atoms with Gasteiger partial charge in [0.25, 0.3) is 11.7 Å². The van der Waals surface area contributed by atoms with E-state index in [0.29, 0.717) is 82.4 Å². The Bertz CT molecular complexity index is 6530. The second kappa shape index (κ2) is 72.6. The molecule has 5 N–H and O–H groups in total. The molecule has 3 fully saturated rings. The Hall–Kier alpha value is -16.9. The largest absolute Gasteiger partial charge is 0.456 e. The maximum atomic E-state index is 14.6. The lowest BCUT2D eigenvalue weighted by atomic mass is 9.81. The van der Waals surface area contributed by atoms with Gasteiger partial charge in [-0.3, -0.25) is 19.3 Å². The minimum Gasteiger partial charge on any atom is -0.456 e. The number of rotatable bonds is 23. The molecule has 0 unspecified atom stereocenters. The predicted octanol–water partition coefficient (Wildman–Crippen LogP) is 15.0. The molecular weight excluding hydrogens is 1810 g/mol. The predicted molar refractivity (Wildman–Crippen MR) is 564 cm³/mol. The topological polar surface area (TPSA) is 434 Å². The van der Waals surface area contributed by atoms with Crippen LogP contribution in [0.4, 0.5) is 4.79 Å². The van der Waals surface area contributed by atoms with Crippen molar-refractivity contribution in [3.63, 3.8) is 0 Å². The number of methoxy groups -OCH3 is 3. The summed E-state index contributed by atoms with van der Waals surface area (Å²) in [5.74, 6) is 115. The molecule has 2 saturated heterocycles. The third-order valence-electron chi connectivity index (χ3n) is 19.0. The summed E-state index contributed by atoms with van der Waals surface area (Å²) < 4.78 is 38.4. The fourth-order valence-electron chi connectivity index (χ4n) is 12.9. The SMILES string of the molecule is C#CC#CC#CC#CC#CC#CC#CC#CC#CC#CC#CC#CC#CC#CC#CC#CC#CC#CC#CC#CC#CC#CC#CC#CC#CC.CC/C=C/C[C@@H]1/C=C(\C)C[C@H](C)C[C@H](OC)[C@H]2O[C@@](O)(C(=O)C(=O)N3CCCC[C@H]3C(=O)O[C@H](/C(C)=C/[C@@H]3CC[C@@H](OC(=O)N4CCn5cnnc5C4)[C@H](OC)C3)[C@H](C)[C@@H](O)CC1=O)[C@H](C)C[C@@H]2OC.N=N/N=N/N(OOOOOOO)OOOOOOO.[HH].[HH].[HH].[HH].[HH].[HH].[HH].[HH].[HH].[HH].[HH].[HH].[HH].[HH].[HH].[HH].[HH].[HH].[HH].[HH].[HH].[HH].[HH].[HH].[HH].[HH].[HH].[HH].[HH].[HH].[HH].[HH].[HH].[HH].[HH].[HH]. The zero-order valence-corrected chi connectivity index (χ0v) is 77.0. The Balaban J connectivity index is -0.0000000564. The van der Waals surface area contributed by atoms with Crippen molar-refractivity contribution in [1.82, 2.24) is 29.9 Å². The number of aromatic nitrogens is 3. The maximum absolute atomic E-state index is 14.6. The van der Waals surface area contributed by atoms with Crippen LogP contribution in [-0.4, -0.2) is 169 Å². The van der Waals surface area contributed by atoms with Crippen LogP contribution < -0.4 is 0 Å². The van der Waals surface area contributed by atoms with Gasteiger partial charge in [-0.2, -0.15) is 5.53 Å². The molecule has 0 aromatic carbocycles. The van der Waals surface area contributed by atoms with Crippen LogP contribution in [0.5, 0.6) is 0 Å². The van der Waals surface area contributed by atoms with Gasteiger partial charge in [-0.25, -0.2) is 20.1 Å². The van der Waals surface area contributed by atoms with Crippen LogP contribution >= 0.6 is 0 Å². The Morgan fingerprint density at radius 2 is 1.06 bits per heavy atom. The van der Waals surface area contributed by atoms with E-state index in [4.69, 9.17) is 50.9 Å². The summed E-state index contributed by atoms with van der Waals surface area (Å²) in [5.41, 5.74) is 7.83. The lowest BCUT2D eigenvalue weighted by molar-refractivity contribution is -0.842. The highest BCUT2D eigenvalue weighted by Crippen LogP contribution is 2.40. The third-order valence-corrected chi connectivity index (χ3v) is 19.0. The number of carbonyl (C=O) groups excluding carboxylic acids is 5. The van der Waals surface area contributed by atoms with Crippen LogP contribution in [0.25, 0.3) is 0 Å². The average molecular weight is 1970 g/mol. The molecule has 6 rings (SSSR count). The van der Waals surface area contributed by atoms with Crippen LogP contribution in [0, 0.1) is 332 Å². The van der Waals surface area contributed by atoms with Crippen molar-refractivity contribution in [1.29, 1.82) is 5.53 Å². The Labute approximate surface area is 864 Å². The minimum absolute atomic E-state index is 0. The fraction of sp³-hybridized carbons (Fsp3) is 0.388. The van der Waals surface area contributed by atoms with Gasteiger partial charge in [0.15, 0.2) is 5.82 Å². The van der Waals surface area contributed by atoms with E-state index in [1.165, 1.54) is 19.1 Å². The lowest BCUT2D eigenvalue weighted by Crippen LogP contribution is -2.64. The van der Waals surface area contributed by atoms with E-state index < -0.39 is 96.1 Å². The second-order valence-electron chi connectivity index (χ2n) is 28.2. The first kappa shape index (κ1) is 115. The van der Waals surface area contributed by atoms with Gasteiger partial charge < -0.3 is 48.1 Å². The number of amides is 2. The molecule has 2 amide bonds. The number of piperidine rings is 1. The molecule has 782 valence electrons. The molecule has 4 aliphatic heterocycles. The van der Waals surface area contributed by atoms with Gasteiger partial charge in [0.1, 0.15) is 36.5 Å². The number of Topliss-reactive ketones (excluding diaryl/α,β-unsaturated/α-hetero) is 2. The van der Waals surface area contributed by atoms with E-state index in [1.54, 1.807) is 39.1 Å². The lowest BCUT2D eigenvalue weighted by Gasteiger charge is -2.47. The Morgan fingerprint density at radius 3 is 1.51 bits per heavy atom. The standard InChI is InChI=1S/C52H79N5O13.C51H4.H3N5O14.36H2/c1-10-11-12-15-37-23-31(2)22-32(3)24-43(66-8)47-44(67-9)26-34(5)52(64,70-47)48(60)49(61)57-19-14-13-16-38(57)50(62)69-46(35(6)39(58)28-40(37)59)33(4)25-36-17-18-41(42(27-36)65-7)68-51(63)55-20-21-56-30-53-54-45(56)29-55;1-3-5-7-9-11-13-15-17-19-21-23-25-27-29-31-33-35-37-39-41-43-45-47-49-51-50-48-46-44-42-40-38-36-34-32-30-28-26-24-22-20-18-16-14-12-10-8-6-4-2;1-2-3-4-5(8-12-16-18-14-10-6)9-13-17-19-15-11-7;;;;;;;;;;;;;;;;;;;;;;;;;;;;;;;;;;;;/h11-12,23,25,30,32,34-39,41-44,46-47,58,64H,10,13-22,24,26-29H2,1-9H3;1H,2H3;1,6-7H;36*1H/b12-11+,31-23+,33-25+;;2-1?,4-3+;;;;;;;;;;;;;;;;;;;;;;;;;;;;;;;;;;;;/t32-,34+,35+,36-,37+,38-,39-,41+,42+,43-,44-,46+,47+,52+;;;;;;;;;;;;;;;;;;;;;;;;;;;;;;;;;;;;;;/m0....................................../s1. The number of terminal acetylenes is 1. The number of carbonyl (C=O) groups is 5. The second-order valence-corrected chi connectivity index (χ2v) is 28.2. The molecule has 1 aromatic rings. The molecule has 14 atom stereocenters. The number of allylic oxidation sites excluding steroid dienone is 5. The molecule has 37 nitrogen and oxygen atoms in total. The molecule has 37 heteroatoms. The molecule has 1 aromatic heterocycles. The van der Waals surface area contributed by atoms with Gasteiger partial charge in [-0.1, -0.05) is 63.5 Å². The van der Waals surface area contributed by atoms with Crippen LogP contribution in [-0.2, 0) is 121 Å². The van der Waals surface area contributed by atoms with Crippen molar-refractivity contribution < 1.29 is 185 Å². The van der Waals surface area contributed by atoms with Crippen molar-refractivity contribution in [3.8, 4) is 297 Å². The highest BCUT2D eigenvalue weighted by molar-refractivity contribution is 6.39. The van der Waals surface area contributed by atoms with Crippen molar-refractivity contribution in [3.05, 3.63) is 47.6 Å². The van der Waals surface area contributed by atoms with Crippen molar-refractivity contribution >= 4 is 29.5 Å². The summed E-state index contributed by atoms with van der Waals surface area (Å²) in [7, 11) is 4.64. The molecule has 0 radical (unpaired) electrons. The quantitative estimate of drug-likeness (QED) is 0.00993. The molecule has 140 heavy (non-hydrogen) atoms. The van der Waals surface area contributed by atoms with Gasteiger partial charge >= 0.3 is 12.1 Å². The number of hydrogen-bond acceptors (Lipinski definition) is 31. The molecule has 0 spiro atoms. The molecule has 1 saturated carbocycles. The van der Waals surface area contributed by atoms with E-state index in [2.05, 4.69) is 383 Å². The normalized spacial score (nSPS) is 21.2. The Kier molecular flexibility index (Phi) is 59.8. The van der Waals surface area contributed by atoms with Gasteiger partial charge in [-0.05, 0) is 274 Å². The molecular formula is C103H158N10O27. The van der Waals surface area contributed by atoms with Gasteiger partial charge in [0.2, 0.25) is 5.79 Å². The molecule has 5 aliphatic rings. The number of cyclic esters (lactones) is 1. The van der Waals surface area contributed by atoms with Crippen molar-refractivity contribution in [2.75, 3.05) is 34.4 Å². The van der Waals surface area contributed by atoms with E-state index in [0.717, 1.165) is 12.0 Å². The number of ketones is 2. The van der Waals surface area contributed by atoms with E-state index in [9.17, 15) is 34.2 Å². The van der Waals surface area contributed by atoms with E-state index in [-0.39, 0.29) is 100 Å². The number of nitrogens with zero attached hydrogens (tertiary/aromatic N) is 9. The summed E-state index contributed by atoms with van der Waals surface area (Å²) >= 11 is 0. The van der Waals surface area contributed by atoms with Gasteiger partial charge in [0.05, 0.1) is 36.3 Å². The first-order valence-corrected chi connectivity index (χ1v) is 41.5. The minimum atomic E-state index is -2.54. The van der Waals surface area contributed by atoms with E-state index in [1.807, 2.05) is 49.6 Å². The monoisotopic (exact) mass is 1970 g/mol. The van der Waals surface area contributed by atoms with Crippen LogP contribution in [0.3, 0.4) is 0 Å². The summed E-state index contributed by atoms with van der Waals surface area (Å²) in [6.45, 7) is 14.3. The maximum Gasteiger partial charge on any atom is 0.410 e. The zero-order chi connectivity index (χ0) is 102. The summed E-state index contributed by atoms with van der Waals surface area (Å²) in [5, 5.41) is 88.3. The Morgan fingerprint density at radius 1 is 0.600 bits per heavy atom. The number of hydrogen-bond donors (Lipinski definition) is 5. The smallest absolute Gasteiger partial charge is 0.410 e. The number of fused-ring (bicyclic) bond motifs is 4. The number of aliphatic hydroxyl groups excluding tert-OH is 1. The van der Waals surface area contributed by atoms with Crippen LogP contribution in [0.2, 0.25) is 0 Å². The van der Waals surface area contributed by atoms with Crippen LogP contribution in [0.1, 0.15) is 183 Å². The highest BCUT2D eigenvalue weighted by Gasteiger charge is 2.57. The van der Waals surface area contributed by atoms with Gasteiger partial charge in [-0.15, -0.1) is 16.6 Å². The first-order chi connectivity index (χ1) is 68.2. The molecule has 1 aliphatic carbocycles. The highest BCUT2D eigenvalue weighted by atomic mass is 17.9.